The SMILES string of the molecule is O=C(O)CCS(=O)(=O)c1ccccc1Br. The van der Waals surface area contributed by atoms with Gasteiger partial charge in [0.15, 0.2) is 9.84 Å². The van der Waals surface area contributed by atoms with Crippen LogP contribution in [0.5, 0.6) is 0 Å². The zero-order valence-corrected chi connectivity index (χ0v) is 10.1. The first-order valence-corrected chi connectivity index (χ1v) is 6.57. The minimum absolute atomic E-state index is 0.131. The molecule has 0 heterocycles. The third-order valence-corrected chi connectivity index (χ3v) is 4.48. The van der Waals surface area contributed by atoms with E-state index in [1.165, 1.54) is 6.07 Å². The van der Waals surface area contributed by atoms with E-state index in [1.807, 2.05) is 0 Å². The quantitative estimate of drug-likeness (QED) is 0.917. The maximum atomic E-state index is 11.7. The average molecular weight is 293 g/mol. The van der Waals surface area contributed by atoms with Gasteiger partial charge in [0.2, 0.25) is 0 Å². The number of halogens is 1. The van der Waals surface area contributed by atoms with E-state index in [-0.39, 0.29) is 17.1 Å². The molecule has 0 aromatic heterocycles. The largest absolute Gasteiger partial charge is 0.481 e. The fourth-order valence-corrected chi connectivity index (χ4v) is 3.37. The van der Waals surface area contributed by atoms with Gasteiger partial charge < -0.3 is 5.11 Å². The number of carboxylic acid groups (broad SMARTS) is 1. The third kappa shape index (κ3) is 3.32. The van der Waals surface area contributed by atoms with Gasteiger partial charge in [0.25, 0.3) is 0 Å². The van der Waals surface area contributed by atoms with Crippen LogP contribution in [-0.4, -0.2) is 25.2 Å². The molecular formula is C9H9BrO4S. The fraction of sp³-hybridized carbons (Fsp3) is 0.222. The molecule has 15 heavy (non-hydrogen) atoms. The molecule has 0 radical (unpaired) electrons. The van der Waals surface area contributed by atoms with E-state index in [4.69, 9.17) is 5.11 Å². The van der Waals surface area contributed by atoms with Crippen LogP contribution in [0.4, 0.5) is 0 Å². The highest BCUT2D eigenvalue weighted by Gasteiger charge is 2.18. The topological polar surface area (TPSA) is 71.4 Å². The molecule has 0 aliphatic heterocycles. The van der Waals surface area contributed by atoms with Gasteiger partial charge in [-0.05, 0) is 28.1 Å². The summed E-state index contributed by atoms with van der Waals surface area (Å²) in [6.45, 7) is 0. The lowest BCUT2D eigenvalue weighted by Crippen LogP contribution is -2.11. The summed E-state index contributed by atoms with van der Waals surface area (Å²) in [7, 11) is -3.51. The van der Waals surface area contributed by atoms with E-state index in [9.17, 15) is 13.2 Å². The Bertz CT molecular complexity index is 467. The Morgan fingerprint density at radius 3 is 2.47 bits per heavy atom. The van der Waals surface area contributed by atoms with Crippen molar-refractivity contribution in [2.45, 2.75) is 11.3 Å². The molecular weight excluding hydrogens is 284 g/mol. The van der Waals surface area contributed by atoms with Crippen LogP contribution in [0, 0.1) is 0 Å². The van der Waals surface area contributed by atoms with Gasteiger partial charge in [0.05, 0.1) is 17.1 Å². The van der Waals surface area contributed by atoms with Crippen molar-refractivity contribution >= 4 is 31.7 Å². The Kier molecular flexibility index (Phi) is 3.87. The number of rotatable bonds is 4. The molecule has 0 atom stereocenters. The monoisotopic (exact) mass is 292 g/mol. The second-order valence-corrected chi connectivity index (χ2v) is 5.82. The van der Waals surface area contributed by atoms with E-state index >= 15 is 0 Å². The summed E-state index contributed by atoms with van der Waals surface area (Å²) in [5, 5.41) is 8.42. The zero-order chi connectivity index (χ0) is 11.5. The molecule has 0 bridgehead atoms. The van der Waals surface area contributed by atoms with Crippen LogP contribution >= 0.6 is 15.9 Å². The van der Waals surface area contributed by atoms with Crippen molar-refractivity contribution in [1.29, 1.82) is 0 Å². The lowest BCUT2D eigenvalue weighted by molar-refractivity contribution is -0.136. The predicted molar refractivity (Wildman–Crippen MR) is 58.4 cm³/mol. The van der Waals surface area contributed by atoms with Crippen molar-refractivity contribution < 1.29 is 18.3 Å². The number of aliphatic carboxylic acids is 1. The highest BCUT2D eigenvalue weighted by atomic mass is 79.9. The smallest absolute Gasteiger partial charge is 0.304 e. The molecule has 0 aliphatic carbocycles. The van der Waals surface area contributed by atoms with Gasteiger partial charge in [-0.3, -0.25) is 4.79 Å². The highest BCUT2D eigenvalue weighted by Crippen LogP contribution is 2.22. The van der Waals surface area contributed by atoms with E-state index in [1.54, 1.807) is 18.2 Å². The van der Waals surface area contributed by atoms with E-state index in [2.05, 4.69) is 15.9 Å². The second kappa shape index (κ2) is 4.76. The van der Waals surface area contributed by atoms with Crippen molar-refractivity contribution in [3.05, 3.63) is 28.7 Å². The number of carbonyl (C=O) groups is 1. The van der Waals surface area contributed by atoms with Gasteiger partial charge >= 0.3 is 5.97 Å². The summed E-state index contributed by atoms with van der Waals surface area (Å²) in [6, 6.07) is 6.34. The van der Waals surface area contributed by atoms with E-state index in [0.29, 0.717) is 4.47 Å². The van der Waals surface area contributed by atoms with Crippen molar-refractivity contribution in [1.82, 2.24) is 0 Å². The molecule has 6 heteroatoms. The predicted octanol–water partition coefficient (Wildman–Crippen LogP) is 1.70. The molecule has 1 rings (SSSR count). The Morgan fingerprint density at radius 1 is 1.33 bits per heavy atom. The van der Waals surface area contributed by atoms with Crippen molar-refractivity contribution in [3.8, 4) is 0 Å². The maximum absolute atomic E-state index is 11.7. The van der Waals surface area contributed by atoms with Gasteiger partial charge in [-0.15, -0.1) is 0 Å². The van der Waals surface area contributed by atoms with Crippen LogP contribution in [0.1, 0.15) is 6.42 Å². The third-order valence-electron chi connectivity index (χ3n) is 1.76. The van der Waals surface area contributed by atoms with Crippen LogP contribution in [0.15, 0.2) is 33.6 Å². The van der Waals surface area contributed by atoms with E-state index in [0.717, 1.165) is 0 Å². The zero-order valence-electron chi connectivity index (χ0n) is 7.68. The number of benzene rings is 1. The van der Waals surface area contributed by atoms with E-state index < -0.39 is 15.8 Å². The molecule has 4 nitrogen and oxygen atoms in total. The molecule has 1 aromatic rings. The molecule has 0 spiro atoms. The standard InChI is InChI=1S/C9H9BrO4S/c10-7-3-1-2-4-8(7)15(13,14)6-5-9(11)12/h1-4H,5-6H2,(H,11,12). The van der Waals surface area contributed by atoms with Crippen LogP contribution in [0.2, 0.25) is 0 Å². The molecule has 0 aliphatic rings. The number of carboxylic acids is 1. The second-order valence-electron chi connectivity index (χ2n) is 2.89. The van der Waals surface area contributed by atoms with Crippen LogP contribution in [0.3, 0.4) is 0 Å². The lowest BCUT2D eigenvalue weighted by atomic mass is 10.4. The summed E-state index contributed by atoms with van der Waals surface area (Å²) < 4.78 is 23.8. The highest BCUT2D eigenvalue weighted by molar-refractivity contribution is 9.10. The van der Waals surface area contributed by atoms with Gasteiger partial charge in [-0.2, -0.15) is 0 Å². The molecule has 0 saturated heterocycles. The van der Waals surface area contributed by atoms with Gasteiger partial charge in [0.1, 0.15) is 0 Å². The number of hydrogen-bond donors (Lipinski definition) is 1. The first kappa shape index (κ1) is 12.2. The van der Waals surface area contributed by atoms with Gasteiger partial charge in [0, 0.05) is 4.47 Å². The summed E-state index contributed by atoms with van der Waals surface area (Å²) in [5.74, 6) is -1.50. The van der Waals surface area contributed by atoms with Gasteiger partial charge in [-0.25, -0.2) is 8.42 Å². The molecule has 1 aromatic carbocycles. The summed E-state index contributed by atoms with van der Waals surface area (Å²) >= 11 is 3.11. The molecule has 0 unspecified atom stereocenters. The van der Waals surface area contributed by atoms with Crippen LogP contribution < -0.4 is 0 Å². The van der Waals surface area contributed by atoms with Crippen molar-refractivity contribution in [2.24, 2.45) is 0 Å². The fourth-order valence-electron chi connectivity index (χ4n) is 1.03. The molecule has 1 N–H and O–H groups in total. The maximum Gasteiger partial charge on any atom is 0.304 e. The lowest BCUT2D eigenvalue weighted by Gasteiger charge is -2.04. The van der Waals surface area contributed by atoms with Crippen LogP contribution in [0.25, 0.3) is 0 Å². The first-order valence-electron chi connectivity index (χ1n) is 4.12. The Morgan fingerprint density at radius 2 is 1.93 bits per heavy atom. The molecule has 82 valence electrons. The number of sulfone groups is 1. The Labute approximate surface area is 96.0 Å². The average Bonchev–Trinajstić information content (AvgIpc) is 2.15. The summed E-state index contributed by atoms with van der Waals surface area (Å²) in [6.07, 6.45) is -0.385. The Hall–Kier alpha value is -0.880. The summed E-state index contributed by atoms with van der Waals surface area (Å²) in [4.78, 5) is 10.4. The molecule has 0 saturated carbocycles. The first-order chi connectivity index (χ1) is 6.93. The Balaban J connectivity index is 2.97. The summed E-state index contributed by atoms with van der Waals surface area (Å²) in [5.41, 5.74) is 0. The van der Waals surface area contributed by atoms with Crippen LogP contribution in [-0.2, 0) is 14.6 Å². The van der Waals surface area contributed by atoms with Gasteiger partial charge in [-0.1, -0.05) is 12.1 Å². The molecule has 0 fully saturated rings. The minimum atomic E-state index is -3.51. The normalized spacial score (nSPS) is 11.3. The number of hydrogen-bond acceptors (Lipinski definition) is 3. The van der Waals surface area contributed by atoms with Crippen molar-refractivity contribution in [2.75, 3.05) is 5.75 Å². The van der Waals surface area contributed by atoms with Crippen molar-refractivity contribution in [3.63, 3.8) is 0 Å². The minimum Gasteiger partial charge on any atom is -0.481 e. The molecule has 0 amide bonds.